The summed E-state index contributed by atoms with van der Waals surface area (Å²) >= 11 is -0.611. The van der Waals surface area contributed by atoms with Crippen LogP contribution in [0.1, 0.15) is 0 Å². The molecule has 0 unspecified atom stereocenters. The van der Waals surface area contributed by atoms with Crippen LogP contribution < -0.4 is 0 Å². The van der Waals surface area contributed by atoms with Crippen LogP contribution in [0.4, 0.5) is 0 Å². The van der Waals surface area contributed by atoms with Crippen molar-refractivity contribution in [2.45, 2.75) is 0 Å². The van der Waals surface area contributed by atoms with Crippen molar-refractivity contribution in [3.8, 4) is 0 Å². The smallest absolute Gasteiger partial charge is 0.0946 e. The summed E-state index contributed by atoms with van der Waals surface area (Å²) < 4.78 is 9.56. The van der Waals surface area contributed by atoms with Crippen molar-refractivity contribution in [2.24, 2.45) is 0 Å². The topological polar surface area (TPSA) is 23.1 Å². The predicted octanol–water partition coefficient (Wildman–Crippen LogP) is -0.386. The van der Waals surface area contributed by atoms with Crippen LogP contribution in [0.15, 0.2) is 0 Å². The summed E-state index contributed by atoms with van der Waals surface area (Å²) in [5.74, 6) is 0. The second-order valence-corrected chi connectivity index (χ2v) is 2.22. The van der Waals surface area contributed by atoms with Crippen molar-refractivity contribution < 1.29 is 4.55 Å². The van der Waals surface area contributed by atoms with Crippen LogP contribution in [-0.2, 0) is 11.2 Å². The van der Waals surface area contributed by atoms with E-state index in [0.29, 0.717) is 0 Å². The van der Waals surface area contributed by atoms with Gasteiger partial charge < -0.3 is 4.55 Å². The third kappa shape index (κ3) is 33.9. The standard InChI is InChI=1S/C2H6OS.Na/c1-4(2)3;/h1-2H3;. The molecule has 0 fully saturated rings. The third-order valence-corrected chi connectivity index (χ3v) is 0. The molecule has 0 bridgehead atoms. The molecule has 0 heterocycles. The molecule has 3 heteroatoms. The molecule has 0 aromatic rings. The zero-order valence-corrected chi connectivity index (χ0v) is 6.63. The molecule has 1 radical (unpaired) electrons. The van der Waals surface area contributed by atoms with E-state index < -0.39 is 11.2 Å². The van der Waals surface area contributed by atoms with Crippen molar-refractivity contribution in [1.82, 2.24) is 0 Å². The summed E-state index contributed by atoms with van der Waals surface area (Å²) in [6, 6.07) is 0. The quantitative estimate of drug-likeness (QED) is 0.301. The average Bonchev–Trinajstić information content (AvgIpc) is 0.811. The van der Waals surface area contributed by atoms with Gasteiger partial charge in [-0.1, -0.05) is 11.2 Å². The van der Waals surface area contributed by atoms with E-state index in [1.54, 1.807) is 12.5 Å². The van der Waals surface area contributed by atoms with Gasteiger partial charge in [0, 0.05) is 29.6 Å². The average molecular weight is 101 g/mol. The van der Waals surface area contributed by atoms with Crippen LogP contribution >= 0.6 is 0 Å². The molecule has 27 valence electrons. The van der Waals surface area contributed by atoms with Crippen LogP contribution in [0.25, 0.3) is 0 Å². The van der Waals surface area contributed by atoms with Gasteiger partial charge in [0.2, 0.25) is 0 Å². The summed E-state index contributed by atoms with van der Waals surface area (Å²) in [5.41, 5.74) is 0. The SMILES string of the molecule is C[S+](C)[O-].[Na]. The van der Waals surface area contributed by atoms with Gasteiger partial charge in [-0.05, 0) is 0 Å². The van der Waals surface area contributed by atoms with E-state index in [-0.39, 0.29) is 29.6 Å². The summed E-state index contributed by atoms with van der Waals surface area (Å²) in [6.45, 7) is 0. The van der Waals surface area contributed by atoms with Gasteiger partial charge in [-0.15, -0.1) is 0 Å². The van der Waals surface area contributed by atoms with Gasteiger partial charge in [-0.2, -0.15) is 0 Å². The molecule has 0 aromatic heterocycles. The number of hydrogen-bond acceptors (Lipinski definition) is 1. The molecule has 0 spiro atoms. The molecular weight excluding hydrogens is 95.1 g/mol. The number of hydrogen-bond donors (Lipinski definition) is 0. The van der Waals surface area contributed by atoms with Crippen LogP contribution in [-0.4, -0.2) is 46.6 Å². The summed E-state index contributed by atoms with van der Waals surface area (Å²) in [7, 11) is 0. The Morgan fingerprint density at radius 3 is 1.40 bits per heavy atom. The van der Waals surface area contributed by atoms with Gasteiger partial charge in [-0.3, -0.25) is 0 Å². The Bertz CT molecular complexity index is 14.4. The molecule has 0 aliphatic carbocycles. The van der Waals surface area contributed by atoms with E-state index in [1.807, 2.05) is 0 Å². The minimum absolute atomic E-state index is 0. The Morgan fingerprint density at radius 1 is 1.40 bits per heavy atom. The first kappa shape index (κ1) is 9.58. The first-order chi connectivity index (χ1) is 1.73. The Balaban J connectivity index is 0. The van der Waals surface area contributed by atoms with Crippen LogP contribution in [0.3, 0.4) is 0 Å². The Labute approximate surface area is 57.6 Å². The van der Waals surface area contributed by atoms with Crippen LogP contribution in [0.2, 0.25) is 0 Å². The second kappa shape index (κ2) is 5.31. The second-order valence-electron chi connectivity index (χ2n) is 0.742. The molecule has 0 N–H and O–H groups in total. The Kier molecular flexibility index (Phi) is 10.2. The van der Waals surface area contributed by atoms with E-state index in [0.717, 1.165) is 0 Å². The maximum atomic E-state index is 9.56. The fourth-order valence-electron chi connectivity index (χ4n) is 0. The molecule has 0 atom stereocenters. The van der Waals surface area contributed by atoms with E-state index >= 15 is 0 Å². The molecule has 1 nitrogen and oxygen atoms in total. The largest absolute Gasteiger partial charge is 0.617 e. The van der Waals surface area contributed by atoms with Crippen molar-refractivity contribution in [3.05, 3.63) is 0 Å². The summed E-state index contributed by atoms with van der Waals surface area (Å²) in [6.07, 6.45) is 3.28. The van der Waals surface area contributed by atoms with Gasteiger partial charge in [0.1, 0.15) is 0 Å². The summed E-state index contributed by atoms with van der Waals surface area (Å²) in [4.78, 5) is 0. The van der Waals surface area contributed by atoms with Crippen molar-refractivity contribution in [1.29, 1.82) is 0 Å². The fourth-order valence-corrected chi connectivity index (χ4v) is 0. The maximum absolute atomic E-state index is 9.56. The normalized spacial score (nSPS) is 7.20. The van der Waals surface area contributed by atoms with Gasteiger partial charge >= 0.3 is 0 Å². The fraction of sp³-hybridized carbons (Fsp3) is 1.00. The zero-order chi connectivity index (χ0) is 3.58. The van der Waals surface area contributed by atoms with E-state index in [1.165, 1.54) is 0 Å². The maximum Gasteiger partial charge on any atom is 0.0946 e. The molecule has 0 aliphatic rings. The monoisotopic (exact) mass is 101 g/mol. The first-order valence-electron chi connectivity index (χ1n) is 0.983. The third-order valence-electron chi connectivity index (χ3n) is 0. The van der Waals surface area contributed by atoms with Crippen molar-refractivity contribution in [2.75, 3.05) is 12.5 Å². The molecule has 0 aliphatic heterocycles. The van der Waals surface area contributed by atoms with Crippen LogP contribution in [0.5, 0.6) is 0 Å². The van der Waals surface area contributed by atoms with E-state index in [4.69, 9.17) is 0 Å². The minimum atomic E-state index is -0.611. The molecule has 5 heavy (non-hydrogen) atoms. The molecule has 0 saturated carbocycles. The zero-order valence-electron chi connectivity index (χ0n) is 3.82. The van der Waals surface area contributed by atoms with Gasteiger partial charge in [0.05, 0.1) is 12.5 Å². The van der Waals surface area contributed by atoms with Crippen LogP contribution in [0, 0.1) is 0 Å². The van der Waals surface area contributed by atoms with E-state index in [2.05, 4.69) is 0 Å². The van der Waals surface area contributed by atoms with Gasteiger partial charge in [0.15, 0.2) is 0 Å². The first-order valence-corrected chi connectivity index (χ1v) is 2.95. The van der Waals surface area contributed by atoms with Crippen molar-refractivity contribution in [3.63, 3.8) is 0 Å². The molecular formula is C2H6NaOS. The van der Waals surface area contributed by atoms with Gasteiger partial charge in [0.25, 0.3) is 0 Å². The molecule has 0 rings (SSSR count). The number of rotatable bonds is 0. The molecule has 0 saturated heterocycles. The minimum Gasteiger partial charge on any atom is -0.617 e. The van der Waals surface area contributed by atoms with Gasteiger partial charge in [-0.25, -0.2) is 0 Å². The Hall–Kier alpha value is 1.31. The summed E-state index contributed by atoms with van der Waals surface area (Å²) in [5, 5.41) is 0. The Morgan fingerprint density at radius 2 is 1.40 bits per heavy atom. The van der Waals surface area contributed by atoms with E-state index in [9.17, 15) is 4.55 Å². The predicted molar refractivity (Wildman–Crippen MR) is 25.7 cm³/mol. The molecule has 0 aromatic carbocycles. The van der Waals surface area contributed by atoms with Crippen molar-refractivity contribution >= 4 is 40.7 Å². The molecule has 0 amide bonds.